The Bertz CT molecular complexity index is 190. The molecule has 74 valence electrons. The van der Waals surface area contributed by atoms with Crippen LogP contribution in [0.4, 0.5) is 0 Å². The Morgan fingerprint density at radius 2 is 2.15 bits per heavy atom. The average Bonchev–Trinajstić information content (AvgIpc) is 2.18. The van der Waals surface area contributed by atoms with Crippen LogP contribution in [0, 0.1) is 11.3 Å². The molecule has 13 heavy (non-hydrogen) atoms. The molecule has 0 aromatic rings. The highest BCUT2D eigenvalue weighted by Crippen LogP contribution is 2.20. The molecule has 0 saturated carbocycles. The summed E-state index contributed by atoms with van der Waals surface area (Å²) in [6.07, 6.45) is 5.28. The zero-order chi connectivity index (χ0) is 9.68. The van der Waals surface area contributed by atoms with E-state index < -0.39 is 0 Å². The lowest BCUT2D eigenvalue weighted by Gasteiger charge is -2.31. The van der Waals surface area contributed by atoms with Crippen LogP contribution in [0.2, 0.25) is 0 Å². The van der Waals surface area contributed by atoms with Crippen molar-refractivity contribution in [1.82, 2.24) is 4.90 Å². The van der Waals surface area contributed by atoms with E-state index in [0.29, 0.717) is 5.92 Å². The molecule has 3 heteroatoms. The number of rotatable bonds is 3. The highest BCUT2D eigenvalue weighted by molar-refractivity contribution is 5.68. The van der Waals surface area contributed by atoms with Crippen molar-refractivity contribution in [3.05, 3.63) is 11.8 Å². The molecule has 0 aliphatic carbocycles. The number of hydrogen-bond acceptors (Lipinski definition) is 3. The monoisotopic (exact) mass is 181 g/mol. The molecule has 0 atom stereocenters. The van der Waals surface area contributed by atoms with Gasteiger partial charge in [0.15, 0.2) is 0 Å². The van der Waals surface area contributed by atoms with Crippen molar-refractivity contribution in [3.63, 3.8) is 0 Å². The van der Waals surface area contributed by atoms with Gasteiger partial charge in [-0.1, -0.05) is 6.92 Å². The Balaban J connectivity index is 2.40. The van der Waals surface area contributed by atoms with Crippen LogP contribution < -0.4 is 5.73 Å². The predicted octanol–water partition coefficient (Wildman–Crippen LogP) is 1.21. The van der Waals surface area contributed by atoms with Gasteiger partial charge in [-0.15, -0.1) is 0 Å². The van der Waals surface area contributed by atoms with E-state index in [2.05, 4.69) is 11.8 Å². The molecule has 1 saturated heterocycles. The van der Waals surface area contributed by atoms with E-state index in [1.807, 2.05) is 0 Å². The van der Waals surface area contributed by atoms with E-state index in [1.165, 1.54) is 6.21 Å². The third-order valence-electron chi connectivity index (χ3n) is 2.78. The summed E-state index contributed by atoms with van der Waals surface area (Å²) in [6, 6.07) is 0. The second kappa shape index (κ2) is 5.02. The van der Waals surface area contributed by atoms with Crippen molar-refractivity contribution in [2.75, 3.05) is 19.6 Å². The molecule has 0 bridgehead atoms. The fourth-order valence-electron chi connectivity index (χ4n) is 1.81. The minimum atomic E-state index is 0.504. The van der Waals surface area contributed by atoms with Gasteiger partial charge >= 0.3 is 0 Å². The molecular formula is C10H19N3. The van der Waals surface area contributed by atoms with Crippen LogP contribution in [0.3, 0.4) is 0 Å². The molecule has 3 nitrogen and oxygen atoms in total. The molecule has 0 aromatic heterocycles. The zero-order valence-corrected chi connectivity index (χ0v) is 8.29. The van der Waals surface area contributed by atoms with Crippen molar-refractivity contribution in [1.29, 1.82) is 5.41 Å². The number of hydrogen-bond donors (Lipinski definition) is 2. The van der Waals surface area contributed by atoms with E-state index in [1.54, 1.807) is 6.08 Å². The molecule has 1 heterocycles. The number of nitrogens with two attached hydrogens (primary N) is 1. The first-order chi connectivity index (χ1) is 6.27. The van der Waals surface area contributed by atoms with Gasteiger partial charge in [0.05, 0.1) is 0 Å². The SMILES string of the molecule is CCN1CCC(/C(N)=C/C=N)CC1. The number of nitrogens with one attached hydrogen (secondary N) is 1. The Hall–Kier alpha value is -0.830. The van der Waals surface area contributed by atoms with Gasteiger partial charge in [-0.05, 0) is 38.6 Å². The Labute approximate surface area is 80.1 Å². The Kier molecular flexibility index (Phi) is 3.96. The van der Waals surface area contributed by atoms with E-state index in [-0.39, 0.29) is 0 Å². The summed E-state index contributed by atoms with van der Waals surface area (Å²) in [6.45, 7) is 5.62. The van der Waals surface area contributed by atoms with Gasteiger partial charge in [0, 0.05) is 17.8 Å². The number of allylic oxidation sites excluding steroid dienone is 2. The zero-order valence-electron chi connectivity index (χ0n) is 8.29. The molecule has 0 aromatic carbocycles. The van der Waals surface area contributed by atoms with Crippen LogP contribution in [0.1, 0.15) is 19.8 Å². The van der Waals surface area contributed by atoms with Crippen molar-refractivity contribution >= 4 is 6.21 Å². The van der Waals surface area contributed by atoms with Gasteiger partial charge in [0.25, 0.3) is 0 Å². The van der Waals surface area contributed by atoms with Crippen LogP contribution in [-0.4, -0.2) is 30.7 Å². The first-order valence-electron chi connectivity index (χ1n) is 4.96. The predicted molar refractivity (Wildman–Crippen MR) is 55.9 cm³/mol. The van der Waals surface area contributed by atoms with Crippen LogP contribution in [0.25, 0.3) is 0 Å². The van der Waals surface area contributed by atoms with Gasteiger partial charge in [0.1, 0.15) is 0 Å². The number of likely N-dealkylation sites (tertiary alicyclic amines) is 1. The maximum absolute atomic E-state index is 6.94. The van der Waals surface area contributed by atoms with Crippen molar-refractivity contribution in [3.8, 4) is 0 Å². The molecular weight excluding hydrogens is 162 g/mol. The number of nitrogens with zero attached hydrogens (tertiary/aromatic N) is 1. The van der Waals surface area contributed by atoms with Gasteiger partial charge in [-0.25, -0.2) is 0 Å². The highest BCUT2D eigenvalue weighted by Gasteiger charge is 2.19. The molecule has 0 spiro atoms. The molecule has 0 amide bonds. The second-order valence-electron chi connectivity index (χ2n) is 3.54. The Morgan fingerprint density at radius 1 is 1.54 bits per heavy atom. The van der Waals surface area contributed by atoms with E-state index in [0.717, 1.165) is 38.2 Å². The summed E-state index contributed by atoms with van der Waals surface area (Å²) in [4.78, 5) is 2.44. The first-order valence-corrected chi connectivity index (χ1v) is 4.96. The van der Waals surface area contributed by atoms with Crippen molar-refractivity contribution in [2.45, 2.75) is 19.8 Å². The normalized spacial score (nSPS) is 21.8. The second-order valence-corrected chi connectivity index (χ2v) is 3.54. The fraction of sp³-hybridized carbons (Fsp3) is 0.700. The lowest BCUT2D eigenvalue weighted by Crippen LogP contribution is -2.35. The smallest absolute Gasteiger partial charge is 0.0194 e. The fourth-order valence-corrected chi connectivity index (χ4v) is 1.81. The molecule has 1 fully saturated rings. The van der Waals surface area contributed by atoms with Gasteiger partial charge in [0.2, 0.25) is 0 Å². The lowest BCUT2D eigenvalue weighted by molar-refractivity contribution is 0.207. The minimum absolute atomic E-state index is 0.504. The third kappa shape index (κ3) is 2.84. The van der Waals surface area contributed by atoms with Gasteiger partial charge < -0.3 is 16.0 Å². The van der Waals surface area contributed by atoms with Crippen molar-refractivity contribution < 1.29 is 0 Å². The molecule has 0 radical (unpaired) electrons. The summed E-state index contributed by atoms with van der Waals surface area (Å²) in [5.74, 6) is 0.504. The molecule has 1 aliphatic rings. The summed E-state index contributed by atoms with van der Waals surface area (Å²) in [5.41, 5.74) is 6.72. The maximum Gasteiger partial charge on any atom is 0.0194 e. The first kappa shape index (κ1) is 10.3. The van der Waals surface area contributed by atoms with Crippen molar-refractivity contribution in [2.24, 2.45) is 11.7 Å². The molecule has 0 unspecified atom stereocenters. The summed E-state index contributed by atoms with van der Waals surface area (Å²) >= 11 is 0. The third-order valence-corrected chi connectivity index (χ3v) is 2.78. The van der Waals surface area contributed by atoms with Crippen LogP contribution in [0.5, 0.6) is 0 Å². The largest absolute Gasteiger partial charge is 0.402 e. The molecule has 1 rings (SSSR count). The van der Waals surface area contributed by atoms with Crippen LogP contribution >= 0.6 is 0 Å². The summed E-state index contributed by atoms with van der Waals surface area (Å²) in [5, 5.41) is 6.94. The average molecular weight is 181 g/mol. The van der Waals surface area contributed by atoms with E-state index in [4.69, 9.17) is 11.1 Å². The van der Waals surface area contributed by atoms with E-state index >= 15 is 0 Å². The Morgan fingerprint density at radius 3 is 2.62 bits per heavy atom. The van der Waals surface area contributed by atoms with Gasteiger partial charge in [-0.2, -0.15) is 0 Å². The maximum atomic E-state index is 6.94. The van der Waals surface area contributed by atoms with Crippen LogP contribution in [-0.2, 0) is 0 Å². The minimum Gasteiger partial charge on any atom is -0.402 e. The quantitative estimate of drug-likeness (QED) is 0.643. The summed E-state index contributed by atoms with van der Waals surface area (Å²) in [7, 11) is 0. The summed E-state index contributed by atoms with van der Waals surface area (Å²) < 4.78 is 0. The lowest BCUT2D eigenvalue weighted by atomic mass is 9.93. The standard InChI is InChI=1S/C10H19N3/c1-2-13-7-4-9(5-8-13)10(12)3-6-11/h3,6,9,11H,2,4-5,7-8,12H2,1H3/b10-3-,11-6?. The topological polar surface area (TPSA) is 53.1 Å². The van der Waals surface area contributed by atoms with Gasteiger partial charge in [-0.3, -0.25) is 0 Å². The molecule has 3 N–H and O–H groups in total. The highest BCUT2D eigenvalue weighted by atomic mass is 15.1. The van der Waals surface area contributed by atoms with E-state index in [9.17, 15) is 0 Å². The molecule has 1 aliphatic heterocycles. The number of piperidine rings is 1. The van der Waals surface area contributed by atoms with Crippen LogP contribution in [0.15, 0.2) is 11.8 Å².